The van der Waals surface area contributed by atoms with Gasteiger partial charge in [-0.05, 0) is 24.3 Å². The van der Waals surface area contributed by atoms with Gasteiger partial charge in [0.2, 0.25) is 0 Å². The number of benzene rings is 2. The summed E-state index contributed by atoms with van der Waals surface area (Å²) in [5.74, 6) is -0.914. The number of carboxylic acids is 1. The number of hydrogen-bond donors (Lipinski definition) is 3. The second-order valence-electron chi connectivity index (χ2n) is 4.91. The van der Waals surface area contributed by atoms with Crippen molar-refractivity contribution in [1.82, 2.24) is 9.78 Å². The number of para-hydroxylation sites is 2. The molecule has 120 valence electrons. The second-order valence-corrected chi connectivity index (χ2v) is 4.91. The quantitative estimate of drug-likeness (QED) is 0.687. The number of nitrogens with one attached hydrogen (secondary N) is 2. The van der Waals surface area contributed by atoms with Gasteiger partial charge in [-0.3, -0.25) is 5.32 Å². The zero-order valence-corrected chi connectivity index (χ0v) is 12.5. The molecule has 7 heteroatoms. The van der Waals surface area contributed by atoms with E-state index >= 15 is 0 Å². The number of anilines is 2. The first-order chi connectivity index (χ1) is 11.6. The van der Waals surface area contributed by atoms with Crippen LogP contribution in [0.25, 0.3) is 5.69 Å². The van der Waals surface area contributed by atoms with Gasteiger partial charge in [-0.2, -0.15) is 5.10 Å². The molecule has 0 radical (unpaired) electrons. The first-order valence-corrected chi connectivity index (χ1v) is 7.15. The maximum absolute atomic E-state index is 12.1. The first kappa shape index (κ1) is 15.3. The lowest BCUT2D eigenvalue weighted by atomic mass is 10.3. The van der Waals surface area contributed by atoms with Crippen molar-refractivity contribution in [2.24, 2.45) is 0 Å². The standard InChI is InChI=1S/C17H14N4O3/c22-16(23)14-11-15(21(20-14)13-9-5-2-6-10-13)19-17(24)18-12-7-3-1-4-8-12/h1-11H,(H,22,23)(H2,18,19,24). The molecular weight excluding hydrogens is 308 g/mol. The zero-order chi connectivity index (χ0) is 16.9. The molecule has 7 nitrogen and oxygen atoms in total. The van der Waals surface area contributed by atoms with Crippen molar-refractivity contribution in [2.75, 3.05) is 10.6 Å². The summed E-state index contributed by atoms with van der Waals surface area (Å²) in [4.78, 5) is 23.3. The van der Waals surface area contributed by atoms with Gasteiger partial charge in [0.25, 0.3) is 0 Å². The minimum Gasteiger partial charge on any atom is -0.476 e. The molecular formula is C17H14N4O3. The van der Waals surface area contributed by atoms with E-state index in [4.69, 9.17) is 5.11 Å². The number of rotatable bonds is 4. The van der Waals surface area contributed by atoms with Gasteiger partial charge in [0.05, 0.1) is 5.69 Å². The zero-order valence-electron chi connectivity index (χ0n) is 12.5. The van der Waals surface area contributed by atoms with Crippen LogP contribution in [-0.2, 0) is 0 Å². The first-order valence-electron chi connectivity index (χ1n) is 7.15. The van der Waals surface area contributed by atoms with Crippen LogP contribution in [0.4, 0.5) is 16.3 Å². The average molecular weight is 322 g/mol. The molecule has 1 heterocycles. The summed E-state index contributed by atoms with van der Waals surface area (Å²) in [6, 6.07) is 18.7. The Labute approximate surface area is 137 Å². The van der Waals surface area contributed by atoms with Gasteiger partial charge in [-0.15, -0.1) is 0 Å². The predicted octanol–water partition coefficient (Wildman–Crippen LogP) is 3.21. The summed E-state index contributed by atoms with van der Waals surface area (Å²) in [5, 5.41) is 18.4. The molecule has 1 aromatic heterocycles. The summed E-state index contributed by atoms with van der Waals surface area (Å²) in [5.41, 5.74) is 1.10. The number of amides is 2. The highest BCUT2D eigenvalue weighted by atomic mass is 16.4. The maximum atomic E-state index is 12.1. The largest absolute Gasteiger partial charge is 0.476 e. The highest BCUT2D eigenvalue weighted by Crippen LogP contribution is 2.18. The summed E-state index contributed by atoms with van der Waals surface area (Å²) in [6.07, 6.45) is 0. The molecule has 3 aromatic rings. The van der Waals surface area contributed by atoms with Crippen molar-refractivity contribution >= 4 is 23.5 Å². The molecule has 0 spiro atoms. The molecule has 2 aromatic carbocycles. The van der Waals surface area contributed by atoms with Gasteiger partial charge in [0, 0.05) is 11.8 Å². The minimum absolute atomic E-state index is 0.158. The summed E-state index contributed by atoms with van der Waals surface area (Å²) >= 11 is 0. The fourth-order valence-electron chi connectivity index (χ4n) is 2.14. The molecule has 0 unspecified atom stereocenters. The molecule has 0 saturated carbocycles. The molecule has 0 atom stereocenters. The molecule has 2 amide bonds. The van der Waals surface area contributed by atoms with Crippen LogP contribution in [-0.4, -0.2) is 26.9 Å². The number of urea groups is 1. The van der Waals surface area contributed by atoms with Crippen LogP contribution in [0.1, 0.15) is 10.5 Å². The number of hydrogen-bond acceptors (Lipinski definition) is 3. The minimum atomic E-state index is -1.17. The molecule has 3 rings (SSSR count). The maximum Gasteiger partial charge on any atom is 0.356 e. The predicted molar refractivity (Wildman–Crippen MR) is 89.6 cm³/mol. The lowest BCUT2D eigenvalue weighted by molar-refractivity contribution is 0.0690. The van der Waals surface area contributed by atoms with E-state index in [0.29, 0.717) is 11.4 Å². The van der Waals surface area contributed by atoms with E-state index in [1.54, 1.807) is 48.5 Å². The van der Waals surface area contributed by atoms with E-state index in [9.17, 15) is 9.59 Å². The normalized spacial score (nSPS) is 10.2. The SMILES string of the molecule is O=C(Nc1ccccc1)Nc1cc(C(=O)O)nn1-c1ccccc1. The summed E-state index contributed by atoms with van der Waals surface area (Å²) in [7, 11) is 0. The van der Waals surface area contributed by atoms with E-state index in [1.165, 1.54) is 10.7 Å². The Kier molecular flexibility index (Phi) is 4.24. The Bertz CT molecular complexity index is 860. The van der Waals surface area contributed by atoms with E-state index in [0.717, 1.165) is 0 Å². The Balaban J connectivity index is 1.86. The number of carbonyl (C=O) groups excluding carboxylic acids is 1. The third-order valence-electron chi connectivity index (χ3n) is 3.20. The van der Waals surface area contributed by atoms with Crippen LogP contribution in [0, 0.1) is 0 Å². The van der Waals surface area contributed by atoms with E-state index in [1.807, 2.05) is 12.1 Å². The molecule has 0 aliphatic rings. The highest BCUT2D eigenvalue weighted by molar-refractivity contribution is 6.00. The third kappa shape index (κ3) is 3.41. The van der Waals surface area contributed by atoms with Gasteiger partial charge < -0.3 is 10.4 Å². The highest BCUT2D eigenvalue weighted by Gasteiger charge is 2.16. The van der Waals surface area contributed by atoms with E-state index in [2.05, 4.69) is 15.7 Å². The molecule has 0 aliphatic heterocycles. The number of nitrogens with zero attached hydrogens (tertiary/aromatic N) is 2. The Morgan fingerprint density at radius 3 is 2.17 bits per heavy atom. The summed E-state index contributed by atoms with van der Waals surface area (Å²) < 4.78 is 1.37. The van der Waals surface area contributed by atoms with Gasteiger partial charge in [-0.25, -0.2) is 14.3 Å². The molecule has 0 bridgehead atoms. The van der Waals surface area contributed by atoms with Crippen LogP contribution in [0.3, 0.4) is 0 Å². The smallest absolute Gasteiger partial charge is 0.356 e. The van der Waals surface area contributed by atoms with Crippen LogP contribution in [0.2, 0.25) is 0 Å². The molecule has 3 N–H and O–H groups in total. The Hall–Kier alpha value is -3.61. The van der Waals surface area contributed by atoms with Gasteiger partial charge >= 0.3 is 12.0 Å². The molecule has 0 aliphatic carbocycles. The van der Waals surface area contributed by atoms with Crippen molar-refractivity contribution in [3.05, 3.63) is 72.4 Å². The fourth-order valence-corrected chi connectivity index (χ4v) is 2.14. The van der Waals surface area contributed by atoms with Crippen molar-refractivity contribution in [3.63, 3.8) is 0 Å². The Morgan fingerprint density at radius 2 is 1.54 bits per heavy atom. The van der Waals surface area contributed by atoms with Crippen molar-refractivity contribution < 1.29 is 14.7 Å². The number of carboxylic acid groups (broad SMARTS) is 1. The topological polar surface area (TPSA) is 96.2 Å². The van der Waals surface area contributed by atoms with Gasteiger partial charge in [0.1, 0.15) is 5.82 Å². The van der Waals surface area contributed by atoms with Crippen molar-refractivity contribution in [2.45, 2.75) is 0 Å². The van der Waals surface area contributed by atoms with Crippen LogP contribution in [0.5, 0.6) is 0 Å². The van der Waals surface area contributed by atoms with Crippen molar-refractivity contribution in [1.29, 1.82) is 0 Å². The summed E-state index contributed by atoms with van der Waals surface area (Å²) in [6.45, 7) is 0. The average Bonchev–Trinajstić information content (AvgIpc) is 3.00. The fraction of sp³-hybridized carbons (Fsp3) is 0. The molecule has 0 saturated heterocycles. The lowest BCUT2D eigenvalue weighted by Crippen LogP contribution is -2.21. The van der Waals surface area contributed by atoms with Crippen LogP contribution in [0.15, 0.2) is 66.7 Å². The Morgan fingerprint density at radius 1 is 0.917 bits per heavy atom. The van der Waals surface area contributed by atoms with Crippen LogP contribution >= 0.6 is 0 Å². The molecule has 0 fully saturated rings. The number of aromatic carboxylic acids is 1. The second kappa shape index (κ2) is 6.66. The molecule has 24 heavy (non-hydrogen) atoms. The monoisotopic (exact) mass is 322 g/mol. The number of aromatic nitrogens is 2. The van der Waals surface area contributed by atoms with Crippen LogP contribution < -0.4 is 10.6 Å². The number of carbonyl (C=O) groups is 2. The van der Waals surface area contributed by atoms with Gasteiger partial charge in [-0.1, -0.05) is 36.4 Å². The van der Waals surface area contributed by atoms with Crippen molar-refractivity contribution in [3.8, 4) is 5.69 Å². The lowest BCUT2D eigenvalue weighted by Gasteiger charge is -2.09. The van der Waals surface area contributed by atoms with E-state index in [-0.39, 0.29) is 11.5 Å². The van der Waals surface area contributed by atoms with Gasteiger partial charge in [0.15, 0.2) is 5.69 Å². The third-order valence-corrected chi connectivity index (χ3v) is 3.20. The van der Waals surface area contributed by atoms with E-state index < -0.39 is 12.0 Å².